The molecule has 1 N–H and O–H groups in total. The van der Waals surface area contributed by atoms with E-state index < -0.39 is 0 Å². The number of carbonyl (C=O) groups excluding carboxylic acids is 1. The summed E-state index contributed by atoms with van der Waals surface area (Å²) in [5, 5.41) is 3.45. The molecule has 0 spiro atoms. The maximum absolute atomic E-state index is 12.1. The molecule has 0 aromatic rings. The summed E-state index contributed by atoms with van der Waals surface area (Å²) in [6.45, 7) is 6.36. The predicted molar refractivity (Wildman–Crippen MR) is 62.2 cm³/mol. The zero-order chi connectivity index (χ0) is 11.4. The second-order valence-corrected chi connectivity index (χ2v) is 4.72. The Bertz CT molecular complexity index is 231. The number of rotatable bonds is 3. The molecule has 1 atom stereocenters. The predicted octanol–water partition coefficient (Wildman–Crippen LogP) is 0.623. The summed E-state index contributed by atoms with van der Waals surface area (Å²) in [6.07, 6.45) is 3.09. The fourth-order valence-electron chi connectivity index (χ4n) is 2.58. The van der Waals surface area contributed by atoms with Gasteiger partial charge in [0.25, 0.3) is 0 Å². The largest absolute Gasteiger partial charge is 0.381 e. The van der Waals surface area contributed by atoms with Gasteiger partial charge in [-0.15, -0.1) is 0 Å². The molecule has 16 heavy (non-hydrogen) atoms. The van der Waals surface area contributed by atoms with Gasteiger partial charge in [-0.05, 0) is 25.8 Å². The van der Waals surface area contributed by atoms with Gasteiger partial charge >= 0.3 is 0 Å². The van der Waals surface area contributed by atoms with Crippen LogP contribution in [-0.4, -0.2) is 49.7 Å². The second-order valence-electron chi connectivity index (χ2n) is 4.72. The molecule has 0 aromatic heterocycles. The molecule has 2 rings (SSSR count). The number of nitrogens with one attached hydrogen (secondary N) is 1. The van der Waals surface area contributed by atoms with Crippen molar-refractivity contribution < 1.29 is 9.53 Å². The molecule has 2 fully saturated rings. The minimum Gasteiger partial charge on any atom is -0.381 e. The number of likely N-dealkylation sites (tertiary alicyclic amines) is 1. The molecule has 1 amide bonds. The highest BCUT2D eigenvalue weighted by atomic mass is 16.5. The highest BCUT2D eigenvalue weighted by molar-refractivity contribution is 5.79. The van der Waals surface area contributed by atoms with Gasteiger partial charge in [0.15, 0.2) is 0 Å². The van der Waals surface area contributed by atoms with Crippen molar-refractivity contribution in [3.05, 3.63) is 0 Å². The highest BCUT2D eigenvalue weighted by Gasteiger charge is 2.30. The normalized spacial score (nSPS) is 27.3. The minimum atomic E-state index is 0.135. The maximum Gasteiger partial charge on any atom is 0.228 e. The number of nitrogens with zero attached hydrogens (tertiary/aromatic N) is 1. The Morgan fingerprint density at radius 3 is 2.69 bits per heavy atom. The van der Waals surface area contributed by atoms with E-state index in [9.17, 15) is 4.79 Å². The van der Waals surface area contributed by atoms with Crippen LogP contribution in [0.5, 0.6) is 0 Å². The van der Waals surface area contributed by atoms with E-state index in [4.69, 9.17) is 4.74 Å². The van der Waals surface area contributed by atoms with E-state index >= 15 is 0 Å². The van der Waals surface area contributed by atoms with Crippen LogP contribution in [-0.2, 0) is 9.53 Å². The van der Waals surface area contributed by atoms with Crippen LogP contribution in [0.1, 0.15) is 26.2 Å². The van der Waals surface area contributed by atoms with Gasteiger partial charge in [0, 0.05) is 25.7 Å². The van der Waals surface area contributed by atoms with Gasteiger partial charge in [0.2, 0.25) is 5.91 Å². The molecule has 4 heteroatoms. The van der Waals surface area contributed by atoms with E-state index in [1.54, 1.807) is 0 Å². The molecule has 0 aromatic carbocycles. The Labute approximate surface area is 97.3 Å². The quantitative estimate of drug-likeness (QED) is 0.767. The summed E-state index contributed by atoms with van der Waals surface area (Å²) in [5.41, 5.74) is 0. The van der Waals surface area contributed by atoms with E-state index in [1.165, 1.54) is 0 Å². The first-order valence-electron chi connectivity index (χ1n) is 6.41. The Hall–Kier alpha value is -0.610. The number of ether oxygens (including phenoxy) is 1. The van der Waals surface area contributed by atoms with Crippen molar-refractivity contribution in [2.75, 3.05) is 32.8 Å². The monoisotopic (exact) mass is 226 g/mol. The molecule has 92 valence electrons. The molecule has 1 unspecified atom stereocenters. The van der Waals surface area contributed by atoms with E-state index in [0.29, 0.717) is 18.6 Å². The van der Waals surface area contributed by atoms with E-state index in [-0.39, 0.29) is 5.92 Å². The molecule has 2 heterocycles. The van der Waals surface area contributed by atoms with Crippen LogP contribution in [0.25, 0.3) is 0 Å². The molecular weight excluding hydrogens is 204 g/mol. The van der Waals surface area contributed by atoms with Gasteiger partial charge in [-0.25, -0.2) is 0 Å². The SMILES string of the molecule is CCNC1CCN(C(=O)C2CCOC2)CC1. The van der Waals surface area contributed by atoms with Gasteiger partial charge in [-0.3, -0.25) is 4.79 Å². The van der Waals surface area contributed by atoms with Crippen molar-refractivity contribution >= 4 is 5.91 Å². The van der Waals surface area contributed by atoms with Crippen molar-refractivity contribution in [2.45, 2.75) is 32.2 Å². The first-order valence-corrected chi connectivity index (χ1v) is 6.41. The minimum absolute atomic E-state index is 0.135. The maximum atomic E-state index is 12.1. The Kier molecular flexibility index (Phi) is 4.18. The third-order valence-corrected chi connectivity index (χ3v) is 3.58. The Balaban J connectivity index is 1.77. The number of hydrogen-bond acceptors (Lipinski definition) is 3. The van der Waals surface area contributed by atoms with Crippen molar-refractivity contribution in [3.8, 4) is 0 Å². The zero-order valence-electron chi connectivity index (χ0n) is 10.1. The fourth-order valence-corrected chi connectivity index (χ4v) is 2.58. The van der Waals surface area contributed by atoms with Crippen LogP contribution >= 0.6 is 0 Å². The Morgan fingerprint density at radius 1 is 1.38 bits per heavy atom. The lowest BCUT2D eigenvalue weighted by molar-refractivity contribution is -0.136. The van der Waals surface area contributed by atoms with Crippen molar-refractivity contribution in [1.29, 1.82) is 0 Å². The average molecular weight is 226 g/mol. The molecule has 0 saturated carbocycles. The van der Waals surface area contributed by atoms with Crippen LogP contribution in [0.4, 0.5) is 0 Å². The van der Waals surface area contributed by atoms with E-state index in [1.807, 2.05) is 4.90 Å². The first kappa shape index (κ1) is 11.9. The smallest absolute Gasteiger partial charge is 0.228 e. The molecule has 4 nitrogen and oxygen atoms in total. The molecule has 0 radical (unpaired) electrons. The molecule has 2 saturated heterocycles. The lowest BCUT2D eigenvalue weighted by Gasteiger charge is -2.33. The third kappa shape index (κ3) is 2.74. The van der Waals surface area contributed by atoms with Crippen LogP contribution in [0.2, 0.25) is 0 Å². The van der Waals surface area contributed by atoms with Crippen LogP contribution in [0, 0.1) is 5.92 Å². The standard InChI is InChI=1S/C12H22N2O2/c1-2-13-11-3-6-14(7-4-11)12(15)10-5-8-16-9-10/h10-11,13H,2-9H2,1H3. The van der Waals surface area contributed by atoms with Crippen LogP contribution in [0.3, 0.4) is 0 Å². The lowest BCUT2D eigenvalue weighted by atomic mass is 10.0. The fraction of sp³-hybridized carbons (Fsp3) is 0.917. The van der Waals surface area contributed by atoms with E-state index in [2.05, 4.69) is 12.2 Å². The molecule has 0 bridgehead atoms. The molecule has 0 aliphatic carbocycles. The van der Waals surface area contributed by atoms with Gasteiger partial charge in [0.1, 0.15) is 0 Å². The second kappa shape index (κ2) is 5.64. The zero-order valence-corrected chi connectivity index (χ0v) is 10.1. The van der Waals surface area contributed by atoms with Gasteiger partial charge < -0.3 is 15.0 Å². The molecule has 2 aliphatic heterocycles. The summed E-state index contributed by atoms with van der Waals surface area (Å²) < 4.78 is 5.27. The molecule has 2 aliphatic rings. The summed E-state index contributed by atoms with van der Waals surface area (Å²) in [4.78, 5) is 14.1. The van der Waals surface area contributed by atoms with Crippen LogP contribution < -0.4 is 5.32 Å². The summed E-state index contributed by atoms with van der Waals surface area (Å²) in [7, 11) is 0. The lowest BCUT2D eigenvalue weighted by Crippen LogP contribution is -2.46. The van der Waals surface area contributed by atoms with Gasteiger partial charge in [-0.1, -0.05) is 6.92 Å². The number of carbonyl (C=O) groups is 1. The third-order valence-electron chi connectivity index (χ3n) is 3.58. The van der Waals surface area contributed by atoms with Crippen molar-refractivity contribution in [1.82, 2.24) is 10.2 Å². The first-order chi connectivity index (χ1) is 7.81. The number of hydrogen-bond donors (Lipinski definition) is 1. The van der Waals surface area contributed by atoms with Crippen LogP contribution in [0.15, 0.2) is 0 Å². The topological polar surface area (TPSA) is 41.6 Å². The summed E-state index contributed by atoms with van der Waals surface area (Å²) in [5.74, 6) is 0.447. The van der Waals surface area contributed by atoms with Gasteiger partial charge in [0.05, 0.1) is 12.5 Å². The number of piperidine rings is 1. The Morgan fingerprint density at radius 2 is 2.12 bits per heavy atom. The summed E-state index contributed by atoms with van der Waals surface area (Å²) >= 11 is 0. The summed E-state index contributed by atoms with van der Waals surface area (Å²) in [6, 6.07) is 0.605. The highest BCUT2D eigenvalue weighted by Crippen LogP contribution is 2.19. The average Bonchev–Trinajstić information content (AvgIpc) is 2.83. The van der Waals surface area contributed by atoms with Gasteiger partial charge in [-0.2, -0.15) is 0 Å². The number of amides is 1. The van der Waals surface area contributed by atoms with E-state index in [0.717, 1.165) is 45.5 Å². The van der Waals surface area contributed by atoms with Crippen molar-refractivity contribution in [2.24, 2.45) is 5.92 Å². The van der Waals surface area contributed by atoms with Crippen molar-refractivity contribution in [3.63, 3.8) is 0 Å². The molecular formula is C12H22N2O2.